The Morgan fingerprint density at radius 1 is 1.21 bits per heavy atom. The van der Waals surface area contributed by atoms with E-state index in [0.717, 1.165) is 6.07 Å². The van der Waals surface area contributed by atoms with Crippen molar-refractivity contribution in [3.05, 3.63) is 35.1 Å². The fourth-order valence-electron chi connectivity index (χ4n) is 1.77. The first-order valence-corrected chi connectivity index (χ1v) is 5.89. The Morgan fingerprint density at radius 2 is 1.84 bits per heavy atom. The number of aryl methyl sites for hydroxylation is 1. The monoisotopic (exact) mass is 282 g/mol. The Bertz CT molecular complexity index is 419. The second kappa shape index (κ2) is 6.32. The van der Waals surface area contributed by atoms with Crippen LogP contribution in [-0.2, 0) is 6.42 Å². The van der Waals surface area contributed by atoms with E-state index < -0.39 is 30.7 Å². The van der Waals surface area contributed by atoms with Gasteiger partial charge in [-0.2, -0.15) is 0 Å². The molecular formula is C13H15F5O. The van der Waals surface area contributed by atoms with Crippen LogP contribution in [0.4, 0.5) is 22.0 Å². The summed E-state index contributed by atoms with van der Waals surface area (Å²) in [5.41, 5.74) is 0.431. The quantitative estimate of drug-likeness (QED) is 0.779. The van der Waals surface area contributed by atoms with Crippen LogP contribution in [0.25, 0.3) is 0 Å². The highest BCUT2D eigenvalue weighted by molar-refractivity contribution is 5.26. The number of aliphatic hydroxyl groups excluding tert-OH is 1. The van der Waals surface area contributed by atoms with Gasteiger partial charge in [-0.15, -0.1) is 0 Å². The third-order valence-corrected chi connectivity index (χ3v) is 2.69. The normalized spacial score (nSPS) is 13.9. The van der Waals surface area contributed by atoms with Gasteiger partial charge >= 0.3 is 12.3 Å². The molecule has 1 aromatic rings. The average molecular weight is 282 g/mol. The van der Waals surface area contributed by atoms with E-state index in [1.807, 2.05) is 6.92 Å². The zero-order valence-electron chi connectivity index (χ0n) is 10.3. The van der Waals surface area contributed by atoms with Crippen LogP contribution >= 0.6 is 0 Å². The molecule has 0 aromatic heterocycles. The van der Waals surface area contributed by atoms with Crippen molar-refractivity contribution < 1.29 is 27.1 Å². The third-order valence-electron chi connectivity index (χ3n) is 2.69. The van der Waals surface area contributed by atoms with Gasteiger partial charge in [0.25, 0.3) is 0 Å². The second-order valence-electron chi connectivity index (χ2n) is 4.42. The van der Waals surface area contributed by atoms with Crippen molar-refractivity contribution in [3.8, 4) is 0 Å². The minimum Gasteiger partial charge on any atom is -0.388 e. The van der Waals surface area contributed by atoms with Gasteiger partial charge < -0.3 is 5.11 Å². The molecule has 1 rings (SSSR count). The number of aliphatic hydroxyl groups is 1. The molecule has 1 N–H and O–H groups in total. The lowest BCUT2D eigenvalue weighted by atomic mass is 9.99. The summed E-state index contributed by atoms with van der Waals surface area (Å²) in [5.74, 6) is -4.98. The minimum atomic E-state index is -4.29. The molecule has 1 nitrogen and oxygen atoms in total. The van der Waals surface area contributed by atoms with E-state index >= 15 is 0 Å². The topological polar surface area (TPSA) is 20.2 Å². The molecule has 108 valence electrons. The van der Waals surface area contributed by atoms with E-state index in [-0.39, 0.29) is 5.56 Å². The molecule has 0 fully saturated rings. The van der Waals surface area contributed by atoms with E-state index in [1.54, 1.807) is 0 Å². The number of hydrogen-bond acceptors (Lipinski definition) is 1. The maximum absolute atomic E-state index is 13.3. The average Bonchev–Trinajstić information content (AvgIpc) is 2.27. The molecule has 0 bridgehead atoms. The third kappa shape index (κ3) is 4.45. The van der Waals surface area contributed by atoms with Crippen molar-refractivity contribution in [1.82, 2.24) is 0 Å². The molecule has 0 heterocycles. The summed E-state index contributed by atoms with van der Waals surface area (Å²) in [5, 5.41) is 9.54. The van der Waals surface area contributed by atoms with Crippen LogP contribution in [0.1, 0.15) is 37.0 Å². The van der Waals surface area contributed by atoms with Gasteiger partial charge in [-0.25, -0.2) is 22.0 Å². The first kappa shape index (κ1) is 15.9. The maximum Gasteiger partial charge on any atom is 0.310 e. The highest BCUT2D eigenvalue weighted by atomic mass is 19.3. The molecule has 0 aliphatic rings. The molecule has 19 heavy (non-hydrogen) atoms. The highest BCUT2D eigenvalue weighted by Crippen LogP contribution is 2.33. The maximum atomic E-state index is 13.3. The summed E-state index contributed by atoms with van der Waals surface area (Å²) < 4.78 is 63.0. The smallest absolute Gasteiger partial charge is 0.310 e. The molecular weight excluding hydrogens is 267 g/mol. The summed E-state index contributed by atoms with van der Waals surface area (Å²) in [6, 6.07) is 3.47. The SMILES string of the molecule is CCCc1cc(F)cc(C(O)CC(F)(F)C(F)F)c1. The van der Waals surface area contributed by atoms with Gasteiger partial charge in [-0.1, -0.05) is 19.4 Å². The van der Waals surface area contributed by atoms with E-state index in [2.05, 4.69) is 0 Å². The number of halogens is 5. The van der Waals surface area contributed by atoms with Crippen molar-refractivity contribution in [2.75, 3.05) is 0 Å². The molecule has 6 heteroatoms. The van der Waals surface area contributed by atoms with Crippen molar-refractivity contribution in [2.24, 2.45) is 0 Å². The van der Waals surface area contributed by atoms with Gasteiger partial charge in [0.1, 0.15) is 5.82 Å². The van der Waals surface area contributed by atoms with Crippen LogP contribution in [0.2, 0.25) is 0 Å². The molecule has 0 aliphatic heterocycles. The van der Waals surface area contributed by atoms with Crippen molar-refractivity contribution >= 4 is 0 Å². The molecule has 0 saturated heterocycles. The van der Waals surface area contributed by atoms with E-state index in [1.165, 1.54) is 12.1 Å². The molecule has 1 aromatic carbocycles. The number of rotatable bonds is 6. The Hall–Kier alpha value is -1.17. The van der Waals surface area contributed by atoms with Crippen molar-refractivity contribution in [2.45, 2.75) is 44.6 Å². The summed E-state index contributed by atoms with van der Waals surface area (Å²) in [4.78, 5) is 0. The van der Waals surface area contributed by atoms with Gasteiger partial charge in [0, 0.05) is 6.42 Å². The Kier molecular flexibility index (Phi) is 5.29. The summed E-state index contributed by atoms with van der Waals surface area (Å²) >= 11 is 0. The predicted molar refractivity (Wildman–Crippen MR) is 60.9 cm³/mol. The summed E-state index contributed by atoms with van der Waals surface area (Å²) in [6.45, 7) is 1.85. The van der Waals surface area contributed by atoms with Gasteiger partial charge in [0.2, 0.25) is 0 Å². The Morgan fingerprint density at radius 3 is 2.37 bits per heavy atom. The van der Waals surface area contributed by atoms with Crippen LogP contribution < -0.4 is 0 Å². The lowest BCUT2D eigenvalue weighted by Gasteiger charge is -2.19. The van der Waals surface area contributed by atoms with Crippen LogP contribution in [0.3, 0.4) is 0 Å². The zero-order valence-corrected chi connectivity index (χ0v) is 10.3. The van der Waals surface area contributed by atoms with Crippen LogP contribution in [0.5, 0.6) is 0 Å². The Labute approximate surface area is 108 Å². The van der Waals surface area contributed by atoms with Crippen molar-refractivity contribution in [1.29, 1.82) is 0 Å². The molecule has 1 unspecified atom stereocenters. The van der Waals surface area contributed by atoms with Gasteiger partial charge in [-0.05, 0) is 29.7 Å². The molecule has 0 aliphatic carbocycles. The zero-order chi connectivity index (χ0) is 14.6. The fraction of sp³-hybridized carbons (Fsp3) is 0.538. The predicted octanol–water partition coefficient (Wildman–Crippen LogP) is 4.10. The summed E-state index contributed by atoms with van der Waals surface area (Å²) in [7, 11) is 0. The van der Waals surface area contributed by atoms with Crippen LogP contribution in [0, 0.1) is 5.82 Å². The van der Waals surface area contributed by atoms with E-state index in [4.69, 9.17) is 0 Å². The van der Waals surface area contributed by atoms with Crippen LogP contribution in [0.15, 0.2) is 18.2 Å². The minimum absolute atomic E-state index is 0.108. The first-order valence-electron chi connectivity index (χ1n) is 5.89. The van der Waals surface area contributed by atoms with Gasteiger partial charge in [0.15, 0.2) is 0 Å². The lowest BCUT2D eigenvalue weighted by molar-refractivity contribution is -0.149. The Balaban J connectivity index is 2.90. The van der Waals surface area contributed by atoms with Gasteiger partial charge in [-0.3, -0.25) is 0 Å². The standard InChI is InChI=1S/C13H15F5O/c1-2-3-8-4-9(6-10(14)5-8)11(19)7-13(17,18)12(15)16/h4-6,11-12,19H,2-3,7H2,1H3. The molecule has 0 spiro atoms. The van der Waals surface area contributed by atoms with E-state index in [0.29, 0.717) is 18.4 Å². The molecule has 0 saturated carbocycles. The number of benzene rings is 1. The first-order chi connectivity index (χ1) is 8.76. The molecule has 0 amide bonds. The second-order valence-corrected chi connectivity index (χ2v) is 4.42. The highest BCUT2D eigenvalue weighted by Gasteiger charge is 2.42. The van der Waals surface area contributed by atoms with Gasteiger partial charge in [0.05, 0.1) is 6.10 Å². The molecule has 1 atom stereocenters. The largest absolute Gasteiger partial charge is 0.388 e. The fourth-order valence-corrected chi connectivity index (χ4v) is 1.77. The van der Waals surface area contributed by atoms with Crippen molar-refractivity contribution in [3.63, 3.8) is 0 Å². The lowest BCUT2D eigenvalue weighted by Crippen LogP contribution is -2.28. The van der Waals surface area contributed by atoms with Crippen LogP contribution in [-0.4, -0.2) is 17.5 Å². The number of hydrogen-bond donors (Lipinski definition) is 1. The number of alkyl halides is 4. The summed E-state index contributed by atoms with van der Waals surface area (Å²) in [6.07, 6.45) is -5.88. The molecule has 0 radical (unpaired) electrons. The van der Waals surface area contributed by atoms with E-state index in [9.17, 15) is 27.1 Å².